The van der Waals surface area contributed by atoms with Crippen LogP contribution in [0, 0.1) is 42.3 Å². The molecule has 0 radical (unpaired) electrons. The van der Waals surface area contributed by atoms with Crippen LogP contribution in [0.3, 0.4) is 0 Å². The minimum atomic E-state index is -0.695. The van der Waals surface area contributed by atoms with E-state index in [1.165, 1.54) is 12.3 Å². The zero-order chi connectivity index (χ0) is 22.0. The normalized spacial score (nSPS) is 11.5. The first-order chi connectivity index (χ1) is 14.3. The average Bonchev–Trinajstić information content (AvgIpc) is 2.71. The number of nitriles is 2. The first-order valence-corrected chi connectivity index (χ1v) is 9.03. The lowest BCUT2D eigenvalue weighted by Gasteiger charge is -2.16. The van der Waals surface area contributed by atoms with Gasteiger partial charge in [0, 0.05) is 10.9 Å². The number of amides is 1. The van der Waals surface area contributed by atoms with Crippen molar-refractivity contribution in [2.75, 3.05) is 0 Å². The third-order valence-electron chi connectivity index (χ3n) is 4.84. The summed E-state index contributed by atoms with van der Waals surface area (Å²) >= 11 is 0. The highest BCUT2D eigenvalue weighted by molar-refractivity contribution is 5.90. The lowest BCUT2D eigenvalue weighted by atomic mass is 9.98. The molecule has 3 rings (SSSR count). The molecule has 0 saturated carbocycles. The predicted octanol–water partition coefficient (Wildman–Crippen LogP) is 2.24. The number of carbonyl (C=O) groups excluding carboxylic acids is 1. The number of hydrogen-bond donors (Lipinski definition) is 2. The molecule has 150 valence electrons. The molecule has 3 aromatic rings. The highest BCUT2D eigenvalue weighted by atomic mass is 19.1. The predicted molar refractivity (Wildman–Crippen MR) is 106 cm³/mol. The van der Waals surface area contributed by atoms with E-state index >= 15 is 0 Å². The Bertz CT molecular complexity index is 1320. The third kappa shape index (κ3) is 3.74. The van der Waals surface area contributed by atoms with Gasteiger partial charge in [-0.25, -0.2) is 9.37 Å². The SMILES string of the molecule is Cc1nc(C#N)cnc1[C@H](C)NC(=O)Cc1c(C)c2c(C#N)c(F)ccc2[nH]c1=O. The van der Waals surface area contributed by atoms with E-state index in [-0.39, 0.29) is 28.6 Å². The second-order valence-electron chi connectivity index (χ2n) is 6.82. The van der Waals surface area contributed by atoms with Crippen LogP contribution < -0.4 is 10.9 Å². The van der Waals surface area contributed by atoms with E-state index in [1.54, 1.807) is 20.8 Å². The first-order valence-electron chi connectivity index (χ1n) is 9.03. The molecule has 8 nitrogen and oxygen atoms in total. The van der Waals surface area contributed by atoms with Gasteiger partial charge >= 0.3 is 0 Å². The Labute approximate surface area is 171 Å². The van der Waals surface area contributed by atoms with E-state index in [4.69, 9.17) is 5.26 Å². The summed E-state index contributed by atoms with van der Waals surface area (Å²) in [7, 11) is 0. The van der Waals surface area contributed by atoms with Crippen LogP contribution in [0.25, 0.3) is 10.9 Å². The summed E-state index contributed by atoms with van der Waals surface area (Å²) in [5.41, 5.74) is 1.38. The number of carbonyl (C=O) groups is 1. The van der Waals surface area contributed by atoms with Gasteiger partial charge in [0.05, 0.1) is 41.1 Å². The van der Waals surface area contributed by atoms with Gasteiger partial charge < -0.3 is 10.3 Å². The molecule has 0 unspecified atom stereocenters. The van der Waals surface area contributed by atoms with E-state index in [2.05, 4.69) is 20.3 Å². The molecule has 30 heavy (non-hydrogen) atoms. The van der Waals surface area contributed by atoms with Crippen LogP contribution in [-0.2, 0) is 11.2 Å². The van der Waals surface area contributed by atoms with Crippen LogP contribution in [0.2, 0.25) is 0 Å². The molecule has 1 aromatic carbocycles. The molecular weight excluding hydrogens is 387 g/mol. The number of nitrogens with one attached hydrogen (secondary N) is 2. The number of aryl methyl sites for hydroxylation is 2. The van der Waals surface area contributed by atoms with Crippen molar-refractivity contribution in [2.45, 2.75) is 33.2 Å². The summed E-state index contributed by atoms with van der Waals surface area (Å²) in [6.07, 6.45) is 1.06. The summed E-state index contributed by atoms with van der Waals surface area (Å²) in [6.45, 7) is 4.98. The number of aromatic nitrogens is 3. The van der Waals surface area contributed by atoms with Gasteiger partial charge in [0.25, 0.3) is 5.56 Å². The molecule has 0 spiro atoms. The smallest absolute Gasteiger partial charge is 0.252 e. The fourth-order valence-electron chi connectivity index (χ4n) is 3.40. The Balaban J connectivity index is 1.91. The van der Waals surface area contributed by atoms with E-state index in [1.807, 2.05) is 12.1 Å². The lowest BCUT2D eigenvalue weighted by Crippen LogP contribution is -2.31. The monoisotopic (exact) mass is 404 g/mol. The zero-order valence-corrected chi connectivity index (χ0v) is 16.5. The Morgan fingerprint density at radius 2 is 2.03 bits per heavy atom. The zero-order valence-electron chi connectivity index (χ0n) is 16.5. The number of hydrogen-bond acceptors (Lipinski definition) is 6. The second-order valence-corrected chi connectivity index (χ2v) is 6.82. The summed E-state index contributed by atoms with van der Waals surface area (Å²) in [4.78, 5) is 36.0. The number of H-pyrrole nitrogens is 1. The van der Waals surface area contributed by atoms with Crippen LogP contribution in [0.1, 0.15) is 46.7 Å². The number of benzene rings is 1. The van der Waals surface area contributed by atoms with E-state index in [0.717, 1.165) is 6.07 Å². The number of aromatic amines is 1. The van der Waals surface area contributed by atoms with Crippen molar-refractivity contribution < 1.29 is 9.18 Å². The molecule has 0 aliphatic heterocycles. The molecule has 2 aromatic heterocycles. The number of nitrogens with zero attached hydrogens (tertiary/aromatic N) is 4. The van der Waals surface area contributed by atoms with Crippen LogP contribution in [0.5, 0.6) is 0 Å². The van der Waals surface area contributed by atoms with Gasteiger partial charge in [0.1, 0.15) is 18.0 Å². The van der Waals surface area contributed by atoms with Crippen molar-refractivity contribution >= 4 is 16.8 Å². The minimum Gasteiger partial charge on any atom is -0.348 e. The highest BCUT2D eigenvalue weighted by Gasteiger charge is 2.20. The van der Waals surface area contributed by atoms with Crippen molar-refractivity contribution in [3.63, 3.8) is 0 Å². The van der Waals surface area contributed by atoms with Gasteiger partial charge in [-0.1, -0.05) is 0 Å². The molecule has 0 saturated heterocycles. The van der Waals surface area contributed by atoms with Crippen LogP contribution >= 0.6 is 0 Å². The molecule has 0 aliphatic carbocycles. The van der Waals surface area contributed by atoms with Gasteiger partial charge in [-0.2, -0.15) is 10.5 Å². The number of pyridine rings is 1. The summed E-state index contributed by atoms with van der Waals surface area (Å²) in [6, 6.07) is 5.71. The molecule has 1 amide bonds. The number of rotatable bonds is 4. The molecule has 9 heteroatoms. The maximum Gasteiger partial charge on any atom is 0.252 e. The molecule has 2 heterocycles. The minimum absolute atomic E-state index is 0.150. The van der Waals surface area contributed by atoms with Crippen molar-refractivity contribution in [1.82, 2.24) is 20.3 Å². The highest BCUT2D eigenvalue weighted by Crippen LogP contribution is 2.24. The van der Waals surface area contributed by atoms with Crippen LogP contribution in [0.15, 0.2) is 23.1 Å². The maximum absolute atomic E-state index is 14.0. The van der Waals surface area contributed by atoms with Crippen LogP contribution in [-0.4, -0.2) is 20.9 Å². The maximum atomic E-state index is 14.0. The molecule has 1 atom stereocenters. The molecule has 0 bridgehead atoms. The van der Waals surface area contributed by atoms with Crippen LogP contribution in [0.4, 0.5) is 4.39 Å². The molecule has 0 aliphatic rings. The summed E-state index contributed by atoms with van der Waals surface area (Å²) < 4.78 is 14.0. The molecular formula is C21H17FN6O2. The quantitative estimate of drug-likeness (QED) is 0.684. The summed E-state index contributed by atoms with van der Waals surface area (Å²) in [5, 5.41) is 21.2. The Hall–Kier alpha value is -4.11. The summed E-state index contributed by atoms with van der Waals surface area (Å²) in [5.74, 6) is -1.14. The van der Waals surface area contributed by atoms with Gasteiger partial charge in [-0.3, -0.25) is 14.6 Å². The van der Waals surface area contributed by atoms with E-state index in [9.17, 15) is 19.2 Å². The van der Waals surface area contributed by atoms with Gasteiger partial charge in [-0.05, 0) is 38.5 Å². The van der Waals surface area contributed by atoms with Crippen molar-refractivity contribution in [2.24, 2.45) is 0 Å². The van der Waals surface area contributed by atoms with E-state index < -0.39 is 23.3 Å². The van der Waals surface area contributed by atoms with Gasteiger partial charge in [0.2, 0.25) is 5.91 Å². The fourth-order valence-corrected chi connectivity index (χ4v) is 3.40. The van der Waals surface area contributed by atoms with Crippen molar-refractivity contribution in [3.8, 4) is 12.1 Å². The van der Waals surface area contributed by atoms with Crippen molar-refractivity contribution in [3.05, 3.63) is 68.3 Å². The fraction of sp³-hybridized carbons (Fsp3) is 0.238. The first kappa shape index (κ1) is 20.6. The second kappa shape index (κ2) is 8.10. The topological polar surface area (TPSA) is 135 Å². The number of fused-ring (bicyclic) bond motifs is 1. The number of halogens is 1. The Morgan fingerprint density at radius 3 is 2.67 bits per heavy atom. The standard InChI is InChI=1S/C21H17FN6O2/c1-10-14(21(30)28-17-5-4-16(22)15(8-24)19(10)17)6-18(29)27-12(3)20-11(2)26-13(7-23)9-25-20/h4-5,9,12H,6H2,1-3H3,(H,27,29)(H,28,30)/t12-/m0/s1. The largest absolute Gasteiger partial charge is 0.348 e. The molecule has 2 N–H and O–H groups in total. The third-order valence-corrected chi connectivity index (χ3v) is 4.84. The average molecular weight is 404 g/mol. The van der Waals surface area contributed by atoms with E-state index in [0.29, 0.717) is 22.5 Å². The Kier molecular flexibility index (Phi) is 5.56. The van der Waals surface area contributed by atoms with Crippen molar-refractivity contribution in [1.29, 1.82) is 10.5 Å². The Morgan fingerprint density at radius 1 is 1.30 bits per heavy atom. The molecule has 0 fully saturated rings. The lowest BCUT2D eigenvalue weighted by molar-refractivity contribution is -0.121. The van der Waals surface area contributed by atoms with Gasteiger partial charge in [0.15, 0.2) is 5.69 Å². The van der Waals surface area contributed by atoms with Gasteiger partial charge in [-0.15, -0.1) is 0 Å².